The van der Waals surface area contributed by atoms with Gasteiger partial charge < -0.3 is 39.1 Å². The molecule has 0 saturated carbocycles. The third-order valence-electron chi connectivity index (χ3n) is 6.96. The number of thiocarbonyl (C=S) groups is 1. The SMILES string of the molecule is CCC(=S)Cc1ccc(CC2CN(CP(=O)(O)O)CCN(CP(=O)(O)O)CCN(CP(=O)(O)O)CCN2CP(=O)(O)O)cc1. The summed E-state index contributed by atoms with van der Waals surface area (Å²) in [4.78, 5) is 84.5. The lowest BCUT2D eigenvalue weighted by Crippen LogP contribution is -2.51. The zero-order chi connectivity index (χ0) is 33.3. The highest BCUT2D eigenvalue weighted by molar-refractivity contribution is 7.80. The van der Waals surface area contributed by atoms with E-state index in [2.05, 4.69) is 0 Å². The Morgan fingerprint density at radius 2 is 1.05 bits per heavy atom. The van der Waals surface area contributed by atoms with Gasteiger partial charge in [0, 0.05) is 58.3 Å². The van der Waals surface area contributed by atoms with Crippen molar-refractivity contribution in [3.05, 3.63) is 35.4 Å². The molecule has 0 bridgehead atoms. The second-order valence-corrected chi connectivity index (χ2v) is 18.1. The zero-order valence-electron chi connectivity index (χ0n) is 24.5. The van der Waals surface area contributed by atoms with Crippen LogP contribution >= 0.6 is 42.6 Å². The summed E-state index contributed by atoms with van der Waals surface area (Å²) in [6, 6.07) is 6.73. The summed E-state index contributed by atoms with van der Waals surface area (Å²) in [5, 5.41) is 0. The van der Waals surface area contributed by atoms with E-state index < -0.39 is 61.6 Å². The Bertz CT molecular complexity index is 1270. The first-order valence-corrected chi connectivity index (χ1v) is 21.4. The van der Waals surface area contributed by atoms with Crippen molar-refractivity contribution in [2.45, 2.75) is 32.2 Å². The molecule has 1 aliphatic rings. The first kappa shape index (κ1) is 39.9. The predicted octanol–water partition coefficient (Wildman–Crippen LogP) is 0.682. The molecule has 2 rings (SSSR count). The van der Waals surface area contributed by atoms with Crippen LogP contribution in [-0.2, 0) is 31.1 Å². The topological polar surface area (TPSA) is 243 Å². The molecule has 1 atom stereocenters. The van der Waals surface area contributed by atoms with Crippen molar-refractivity contribution in [1.29, 1.82) is 0 Å². The standard InChI is InChI=1S/C23H44N4O12P4S/c1-2-23(44)14-21-5-3-20(4-6-21)13-22-15-26(18-42(34,35)36)10-9-24(16-40(28,29)30)7-8-25(17-41(31,32)33)11-12-27(22)19-43(37,38)39/h3-6,22H,2,7-19H2,1H3,(H2,28,29,30)(H2,31,32,33)(H2,34,35,36)(H2,37,38,39). The molecule has 0 aromatic heterocycles. The summed E-state index contributed by atoms with van der Waals surface area (Å²) in [7, 11) is -18.4. The van der Waals surface area contributed by atoms with E-state index in [9.17, 15) is 57.4 Å². The quantitative estimate of drug-likeness (QED) is 0.103. The van der Waals surface area contributed by atoms with Gasteiger partial charge in [-0.2, -0.15) is 0 Å². The van der Waals surface area contributed by atoms with Crippen molar-refractivity contribution in [2.75, 3.05) is 71.0 Å². The molecule has 16 nitrogen and oxygen atoms in total. The Balaban J connectivity index is 2.51. The van der Waals surface area contributed by atoms with Crippen molar-refractivity contribution < 1.29 is 57.4 Å². The Morgan fingerprint density at radius 1 is 0.659 bits per heavy atom. The maximum Gasteiger partial charge on any atom is 0.339 e. The molecule has 0 spiro atoms. The van der Waals surface area contributed by atoms with Crippen LogP contribution in [0.4, 0.5) is 0 Å². The molecular formula is C23H44N4O12P4S. The van der Waals surface area contributed by atoms with E-state index in [0.717, 1.165) is 22.4 Å². The molecule has 1 fully saturated rings. The van der Waals surface area contributed by atoms with Gasteiger partial charge in [-0.05, 0) is 28.8 Å². The first-order chi connectivity index (χ1) is 20.1. The summed E-state index contributed by atoms with van der Waals surface area (Å²) >= 11 is 5.33. The van der Waals surface area contributed by atoms with Gasteiger partial charge in [0.1, 0.15) is 25.1 Å². The van der Waals surface area contributed by atoms with Crippen molar-refractivity contribution in [2.24, 2.45) is 0 Å². The van der Waals surface area contributed by atoms with Gasteiger partial charge in [-0.3, -0.25) is 37.9 Å². The van der Waals surface area contributed by atoms with Crippen molar-refractivity contribution in [3.63, 3.8) is 0 Å². The fraction of sp³-hybridized carbons (Fsp3) is 0.696. The highest BCUT2D eigenvalue weighted by atomic mass is 32.1. The fourth-order valence-electron chi connectivity index (χ4n) is 4.97. The molecule has 0 radical (unpaired) electrons. The van der Waals surface area contributed by atoms with Gasteiger partial charge in [0.15, 0.2) is 0 Å². The highest BCUT2D eigenvalue weighted by Crippen LogP contribution is 2.39. The lowest BCUT2D eigenvalue weighted by molar-refractivity contribution is 0.114. The van der Waals surface area contributed by atoms with Crippen molar-refractivity contribution in [3.8, 4) is 0 Å². The van der Waals surface area contributed by atoms with Gasteiger partial charge in [0.05, 0.1) is 0 Å². The molecule has 44 heavy (non-hydrogen) atoms. The molecule has 0 aliphatic carbocycles. The maximum atomic E-state index is 12.2. The molecule has 1 unspecified atom stereocenters. The summed E-state index contributed by atoms with van der Waals surface area (Å²) in [6.45, 7) is 1.58. The Kier molecular flexibility index (Phi) is 15.6. The van der Waals surface area contributed by atoms with E-state index in [1.807, 2.05) is 31.2 Å². The molecule has 254 valence electrons. The van der Waals surface area contributed by atoms with Crippen LogP contribution in [0.3, 0.4) is 0 Å². The highest BCUT2D eigenvalue weighted by Gasteiger charge is 2.32. The van der Waals surface area contributed by atoms with Crippen molar-refractivity contribution in [1.82, 2.24) is 19.6 Å². The third-order valence-corrected chi connectivity index (χ3v) is 10.4. The molecule has 1 saturated heterocycles. The minimum atomic E-state index is -4.66. The van der Waals surface area contributed by atoms with E-state index in [1.54, 1.807) is 0 Å². The number of hydrogen-bond donors (Lipinski definition) is 8. The van der Waals surface area contributed by atoms with Crippen LogP contribution in [-0.4, -0.2) is 141 Å². The van der Waals surface area contributed by atoms with Crippen molar-refractivity contribution >= 4 is 47.5 Å². The van der Waals surface area contributed by atoms with E-state index >= 15 is 0 Å². The van der Waals surface area contributed by atoms with E-state index in [4.69, 9.17) is 12.2 Å². The Labute approximate surface area is 262 Å². The Hall–Kier alpha value is -0.250. The lowest BCUT2D eigenvalue weighted by atomic mass is 10.0. The van der Waals surface area contributed by atoms with Crippen LogP contribution < -0.4 is 0 Å². The van der Waals surface area contributed by atoms with Gasteiger partial charge in [0.2, 0.25) is 0 Å². The summed E-state index contributed by atoms with van der Waals surface area (Å²) in [5.41, 5.74) is 1.75. The van der Waals surface area contributed by atoms with E-state index in [1.165, 1.54) is 19.6 Å². The molecular weight excluding hydrogens is 680 g/mol. The molecule has 8 N–H and O–H groups in total. The normalized spacial score (nSPS) is 20.2. The second kappa shape index (κ2) is 17.2. The van der Waals surface area contributed by atoms with Gasteiger partial charge in [-0.1, -0.05) is 43.4 Å². The number of rotatable bonds is 13. The van der Waals surface area contributed by atoms with Gasteiger partial charge in [-0.15, -0.1) is 0 Å². The van der Waals surface area contributed by atoms with Gasteiger partial charge >= 0.3 is 30.4 Å². The second-order valence-electron chi connectivity index (χ2n) is 11.1. The third kappa shape index (κ3) is 17.6. The molecule has 1 aliphatic heterocycles. The monoisotopic (exact) mass is 724 g/mol. The largest absolute Gasteiger partial charge is 0.339 e. The summed E-state index contributed by atoms with van der Waals surface area (Å²) < 4.78 is 48.0. The van der Waals surface area contributed by atoms with Gasteiger partial charge in [0.25, 0.3) is 0 Å². The smallest absolute Gasteiger partial charge is 0.324 e. The van der Waals surface area contributed by atoms with E-state index in [-0.39, 0.29) is 52.2 Å². The van der Waals surface area contributed by atoms with Crippen LogP contribution in [0.15, 0.2) is 24.3 Å². The zero-order valence-corrected chi connectivity index (χ0v) is 28.9. The van der Waals surface area contributed by atoms with Crippen LogP contribution in [0.2, 0.25) is 0 Å². The minimum absolute atomic E-state index is 0.0371. The Morgan fingerprint density at radius 3 is 1.48 bits per heavy atom. The fourth-order valence-corrected chi connectivity index (χ4v) is 8.37. The molecule has 1 aromatic rings. The average Bonchev–Trinajstić information content (AvgIpc) is 2.84. The van der Waals surface area contributed by atoms with Crippen LogP contribution in [0, 0.1) is 0 Å². The molecule has 21 heteroatoms. The van der Waals surface area contributed by atoms with Crippen LogP contribution in [0.25, 0.3) is 0 Å². The average molecular weight is 725 g/mol. The van der Waals surface area contributed by atoms with Crippen LogP contribution in [0.5, 0.6) is 0 Å². The number of nitrogens with zero attached hydrogens (tertiary/aromatic N) is 4. The first-order valence-electron chi connectivity index (χ1n) is 13.8. The van der Waals surface area contributed by atoms with Crippen LogP contribution in [0.1, 0.15) is 24.5 Å². The maximum absolute atomic E-state index is 12.2. The molecule has 0 amide bonds. The number of benzene rings is 1. The summed E-state index contributed by atoms with van der Waals surface area (Å²) in [6.07, 6.45) is -1.21. The predicted molar refractivity (Wildman–Crippen MR) is 170 cm³/mol. The minimum Gasteiger partial charge on any atom is -0.324 e. The lowest BCUT2D eigenvalue weighted by Gasteiger charge is -2.39. The number of hydrogen-bond acceptors (Lipinski definition) is 9. The van der Waals surface area contributed by atoms with E-state index in [0.29, 0.717) is 6.42 Å². The van der Waals surface area contributed by atoms with Gasteiger partial charge in [-0.25, -0.2) is 0 Å². The molecule has 1 aromatic carbocycles. The summed E-state index contributed by atoms with van der Waals surface area (Å²) in [5.74, 6) is 0. The molecule has 1 heterocycles.